The first-order valence-corrected chi connectivity index (χ1v) is 9.88. The maximum absolute atomic E-state index is 10.2. The Balaban J connectivity index is 0.000000320. The van der Waals surface area contributed by atoms with Gasteiger partial charge in [-0.05, 0) is 48.5 Å². The molecule has 0 heterocycles. The molecule has 2 unspecified atom stereocenters. The van der Waals surface area contributed by atoms with Gasteiger partial charge in [-0.15, -0.1) is 0 Å². The monoisotopic (exact) mass is 490 g/mol. The lowest BCUT2D eigenvalue weighted by atomic mass is 10.3. The van der Waals surface area contributed by atoms with Crippen LogP contribution in [0.2, 0.25) is 10.0 Å². The van der Waals surface area contributed by atoms with Crippen LogP contribution in [0.15, 0.2) is 48.5 Å². The molecule has 10 nitrogen and oxygen atoms in total. The number of carbonyl (C=O) groups excluding carboxylic acids is 2. The van der Waals surface area contributed by atoms with E-state index in [1.807, 2.05) is 0 Å². The van der Waals surface area contributed by atoms with Crippen molar-refractivity contribution in [3.05, 3.63) is 58.6 Å². The molecule has 2 aromatic rings. The van der Waals surface area contributed by atoms with E-state index in [2.05, 4.69) is 9.47 Å². The molecule has 0 radical (unpaired) electrons. The quantitative estimate of drug-likeness (QED) is 0.394. The van der Waals surface area contributed by atoms with E-state index in [4.69, 9.17) is 44.1 Å². The SMILES string of the molecule is NC(=O)OCC(O)COc1ccc(Cl)cc1.NC(=O)OCC(O)COc1ccc(Cl)cc1. The van der Waals surface area contributed by atoms with Gasteiger partial charge >= 0.3 is 12.2 Å². The third kappa shape index (κ3) is 13.4. The van der Waals surface area contributed by atoms with Crippen LogP contribution in [0.1, 0.15) is 0 Å². The Morgan fingerprint density at radius 1 is 0.688 bits per heavy atom. The summed E-state index contributed by atoms with van der Waals surface area (Å²) >= 11 is 11.4. The third-order valence-electron chi connectivity index (χ3n) is 3.35. The molecule has 12 heteroatoms. The van der Waals surface area contributed by atoms with E-state index < -0.39 is 24.4 Å². The Kier molecular flexibility index (Phi) is 12.7. The Morgan fingerprint density at radius 2 is 1.00 bits per heavy atom. The lowest BCUT2D eigenvalue weighted by Gasteiger charge is -2.11. The van der Waals surface area contributed by atoms with Gasteiger partial charge in [-0.2, -0.15) is 0 Å². The molecule has 0 aliphatic heterocycles. The number of hydrogen-bond donors (Lipinski definition) is 4. The summed E-state index contributed by atoms with van der Waals surface area (Å²) in [4.78, 5) is 20.5. The van der Waals surface area contributed by atoms with Crippen molar-refractivity contribution in [2.24, 2.45) is 11.5 Å². The van der Waals surface area contributed by atoms with E-state index in [1.165, 1.54) is 0 Å². The standard InChI is InChI=1S/2C10H12ClNO4/c2*11-7-1-3-9(4-2-7)15-5-8(13)6-16-10(12)14/h2*1-4,8,13H,5-6H2,(H2,12,14). The Bertz CT molecular complexity index is 752. The number of ether oxygens (including phenoxy) is 4. The molecule has 0 saturated carbocycles. The van der Waals surface area contributed by atoms with Crippen LogP contribution in [0.5, 0.6) is 11.5 Å². The highest BCUT2D eigenvalue weighted by Crippen LogP contribution is 2.16. The Morgan fingerprint density at radius 3 is 1.28 bits per heavy atom. The van der Waals surface area contributed by atoms with Crippen molar-refractivity contribution >= 4 is 35.4 Å². The second-order valence-corrected chi connectivity index (χ2v) is 6.97. The first-order valence-electron chi connectivity index (χ1n) is 9.13. The molecule has 0 bridgehead atoms. The van der Waals surface area contributed by atoms with Crippen molar-refractivity contribution in [3.63, 3.8) is 0 Å². The average molecular weight is 491 g/mol. The highest BCUT2D eigenvalue weighted by Gasteiger charge is 2.08. The summed E-state index contributed by atoms with van der Waals surface area (Å²) in [6.45, 7) is -0.365. The number of benzene rings is 2. The fourth-order valence-electron chi connectivity index (χ4n) is 1.90. The smallest absolute Gasteiger partial charge is 0.404 e. The number of nitrogens with two attached hydrogens (primary N) is 2. The molecule has 2 aromatic carbocycles. The van der Waals surface area contributed by atoms with E-state index in [0.717, 1.165) is 0 Å². The Hall–Kier alpha value is -2.92. The van der Waals surface area contributed by atoms with Crippen LogP contribution in [0, 0.1) is 0 Å². The maximum Gasteiger partial charge on any atom is 0.404 e. The van der Waals surface area contributed by atoms with Gasteiger partial charge in [0, 0.05) is 10.0 Å². The van der Waals surface area contributed by atoms with Gasteiger partial charge in [0.25, 0.3) is 0 Å². The summed E-state index contributed by atoms with van der Waals surface area (Å²) in [7, 11) is 0. The fraction of sp³-hybridized carbons (Fsp3) is 0.300. The highest BCUT2D eigenvalue weighted by atomic mass is 35.5. The molecule has 2 amide bonds. The van der Waals surface area contributed by atoms with Crippen LogP contribution in [0.25, 0.3) is 0 Å². The molecule has 2 atom stereocenters. The number of carbonyl (C=O) groups is 2. The molecule has 0 aromatic heterocycles. The maximum atomic E-state index is 10.2. The van der Waals surface area contributed by atoms with E-state index >= 15 is 0 Å². The Labute approximate surface area is 194 Å². The summed E-state index contributed by atoms with van der Waals surface area (Å²) in [5, 5.41) is 19.9. The minimum atomic E-state index is -0.925. The van der Waals surface area contributed by atoms with Gasteiger partial charge in [-0.25, -0.2) is 9.59 Å². The molecule has 2 rings (SSSR count). The van der Waals surface area contributed by atoms with Gasteiger partial charge in [0.05, 0.1) is 0 Å². The molecule has 32 heavy (non-hydrogen) atoms. The second-order valence-electron chi connectivity index (χ2n) is 6.10. The summed E-state index contributed by atoms with van der Waals surface area (Å²) in [5.74, 6) is 1.14. The molecular weight excluding hydrogens is 467 g/mol. The van der Waals surface area contributed by atoms with E-state index in [-0.39, 0.29) is 26.4 Å². The number of aliphatic hydroxyl groups is 2. The van der Waals surface area contributed by atoms with Gasteiger partial charge in [-0.1, -0.05) is 23.2 Å². The summed E-state index contributed by atoms with van der Waals surface area (Å²) in [5.41, 5.74) is 9.47. The van der Waals surface area contributed by atoms with Gasteiger partial charge in [0.2, 0.25) is 0 Å². The number of hydrogen-bond acceptors (Lipinski definition) is 8. The van der Waals surface area contributed by atoms with Crippen molar-refractivity contribution in [3.8, 4) is 11.5 Å². The van der Waals surface area contributed by atoms with E-state index in [9.17, 15) is 19.8 Å². The molecular formula is C20H24Cl2N2O8. The number of rotatable bonds is 10. The van der Waals surface area contributed by atoms with Crippen LogP contribution < -0.4 is 20.9 Å². The lowest BCUT2D eigenvalue weighted by Crippen LogP contribution is -2.27. The number of halogens is 2. The van der Waals surface area contributed by atoms with Crippen molar-refractivity contribution in [2.45, 2.75) is 12.2 Å². The highest BCUT2D eigenvalue weighted by molar-refractivity contribution is 6.30. The molecule has 0 aliphatic rings. The van der Waals surface area contributed by atoms with Crippen LogP contribution in [-0.4, -0.2) is 61.0 Å². The predicted molar refractivity (Wildman–Crippen MR) is 117 cm³/mol. The van der Waals surface area contributed by atoms with Gasteiger partial charge < -0.3 is 40.6 Å². The number of primary amides is 2. The average Bonchev–Trinajstić information content (AvgIpc) is 2.76. The van der Waals surface area contributed by atoms with Crippen molar-refractivity contribution in [1.82, 2.24) is 0 Å². The molecule has 0 saturated heterocycles. The molecule has 6 N–H and O–H groups in total. The van der Waals surface area contributed by atoms with Crippen LogP contribution in [0.4, 0.5) is 9.59 Å². The van der Waals surface area contributed by atoms with Gasteiger partial charge in [-0.3, -0.25) is 0 Å². The first-order chi connectivity index (χ1) is 15.2. The van der Waals surface area contributed by atoms with Crippen LogP contribution in [0.3, 0.4) is 0 Å². The molecule has 176 valence electrons. The minimum absolute atomic E-state index is 0.00884. The first kappa shape index (κ1) is 27.1. The molecule has 0 fully saturated rings. The normalized spacial score (nSPS) is 11.9. The largest absolute Gasteiger partial charge is 0.491 e. The van der Waals surface area contributed by atoms with Crippen molar-refractivity contribution in [1.29, 1.82) is 0 Å². The van der Waals surface area contributed by atoms with E-state index in [1.54, 1.807) is 48.5 Å². The third-order valence-corrected chi connectivity index (χ3v) is 3.85. The van der Waals surface area contributed by atoms with Crippen molar-refractivity contribution in [2.75, 3.05) is 26.4 Å². The zero-order valence-electron chi connectivity index (χ0n) is 16.9. The lowest BCUT2D eigenvalue weighted by molar-refractivity contribution is 0.0419. The van der Waals surface area contributed by atoms with Crippen LogP contribution in [-0.2, 0) is 9.47 Å². The summed E-state index contributed by atoms with van der Waals surface area (Å²) < 4.78 is 19.2. The predicted octanol–water partition coefficient (Wildman–Crippen LogP) is 2.35. The molecule has 0 spiro atoms. The zero-order valence-corrected chi connectivity index (χ0v) is 18.4. The summed E-state index contributed by atoms with van der Waals surface area (Å²) in [6.07, 6.45) is -3.68. The minimum Gasteiger partial charge on any atom is -0.491 e. The van der Waals surface area contributed by atoms with Gasteiger partial charge in [0.1, 0.15) is 50.1 Å². The molecule has 0 aliphatic carbocycles. The van der Waals surface area contributed by atoms with Gasteiger partial charge in [0.15, 0.2) is 0 Å². The topological polar surface area (TPSA) is 164 Å². The number of aliphatic hydroxyl groups excluding tert-OH is 2. The zero-order chi connectivity index (χ0) is 23.9. The van der Waals surface area contributed by atoms with Crippen molar-refractivity contribution < 1.29 is 38.7 Å². The second kappa shape index (κ2) is 15.0. The fourth-order valence-corrected chi connectivity index (χ4v) is 2.15. The number of amides is 2. The van der Waals surface area contributed by atoms with Crippen LogP contribution >= 0.6 is 23.2 Å². The van der Waals surface area contributed by atoms with E-state index in [0.29, 0.717) is 21.5 Å². The summed E-state index contributed by atoms with van der Waals surface area (Å²) in [6, 6.07) is 13.4.